The van der Waals surface area contributed by atoms with E-state index in [4.69, 9.17) is 9.47 Å². The molecule has 1 fully saturated rings. The van der Waals surface area contributed by atoms with Crippen LogP contribution in [0.3, 0.4) is 0 Å². The number of pyridine rings is 1. The van der Waals surface area contributed by atoms with E-state index in [1.165, 1.54) is 4.90 Å². The fraction of sp³-hybridized carbons (Fsp3) is 0.108. The lowest BCUT2D eigenvalue weighted by Crippen LogP contribution is -2.29. The minimum atomic E-state index is -0.847. The number of aliphatic hydroxyl groups excluding tert-OH is 1. The van der Waals surface area contributed by atoms with Gasteiger partial charge >= 0.3 is 0 Å². The van der Waals surface area contributed by atoms with E-state index in [2.05, 4.69) is 11.1 Å². The first-order chi connectivity index (χ1) is 21.5. The van der Waals surface area contributed by atoms with Crippen LogP contribution in [-0.4, -0.2) is 26.7 Å². The molecule has 4 aromatic carbocycles. The number of ketones is 1. The fourth-order valence-corrected chi connectivity index (χ4v) is 5.28. The molecule has 0 aliphatic carbocycles. The number of likely N-dealkylation sites (tertiary alicyclic amines) is 1. The molecule has 1 N–H and O–H groups in total. The van der Waals surface area contributed by atoms with Crippen LogP contribution in [0.2, 0.25) is 0 Å². The number of hydrogen-bond donors (Lipinski definition) is 1. The third-order valence-electron chi connectivity index (χ3n) is 7.41. The molecule has 0 bridgehead atoms. The minimum Gasteiger partial charge on any atom is -0.507 e. The van der Waals surface area contributed by atoms with E-state index in [0.717, 1.165) is 16.7 Å². The molecule has 2 heterocycles. The Morgan fingerprint density at radius 3 is 2.25 bits per heavy atom. The van der Waals surface area contributed by atoms with E-state index in [9.17, 15) is 14.7 Å². The standard InChI is InChI=1S/C37H30N2O5/c1-25-7-5-8-27(21-25)24-43-30-15-13-28(14-16-30)35(40)33-34(39(37(42)36(33)41)23-26-17-19-38-20-18-26)29-9-6-12-32(22-29)44-31-10-3-2-4-11-31/h2-22,34,40H,23-24H2,1H3/t34-/m1/s1. The molecule has 1 saturated heterocycles. The summed E-state index contributed by atoms with van der Waals surface area (Å²) in [6.07, 6.45) is 3.27. The summed E-state index contributed by atoms with van der Waals surface area (Å²) < 4.78 is 12.0. The predicted octanol–water partition coefficient (Wildman–Crippen LogP) is 7.38. The summed E-state index contributed by atoms with van der Waals surface area (Å²) >= 11 is 0. The maximum Gasteiger partial charge on any atom is 0.295 e. The molecule has 0 saturated carbocycles. The number of aromatic nitrogens is 1. The minimum absolute atomic E-state index is 0.00865. The Balaban J connectivity index is 1.34. The predicted molar refractivity (Wildman–Crippen MR) is 167 cm³/mol. The number of amides is 1. The molecule has 7 heteroatoms. The molecule has 0 unspecified atom stereocenters. The molecular weight excluding hydrogens is 552 g/mol. The number of ether oxygens (including phenoxy) is 2. The van der Waals surface area contributed by atoms with E-state index in [1.54, 1.807) is 67.0 Å². The second-order valence-electron chi connectivity index (χ2n) is 10.6. The van der Waals surface area contributed by atoms with Crippen LogP contribution in [0.1, 0.15) is 33.9 Å². The SMILES string of the molecule is Cc1cccc(COc2ccc(C(O)=C3C(=O)C(=O)N(Cc4ccncc4)[C@@H]3c3cccc(Oc4ccccc4)c3)cc2)c1. The van der Waals surface area contributed by atoms with E-state index in [0.29, 0.717) is 35.0 Å². The number of Topliss-reactive ketones (excluding diaryl/α,β-unsaturated/α-hetero) is 1. The van der Waals surface area contributed by atoms with Crippen molar-refractivity contribution in [1.82, 2.24) is 9.88 Å². The molecule has 218 valence electrons. The molecule has 0 spiro atoms. The van der Waals surface area contributed by atoms with Gasteiger partial charge in [-0.05, 0) is 84.3 Å². The van der Waals surface area contributed by atoms with Gasteiger partial charge in [-0.15, -0.1) is 0 Å². The van der Waals surface area contributed by atoms with Crippen molar-refractivity contribution in [3.05, 3.63) is 161 Å². The highest BCUT2D eigenvalue weighted by molar-refractivity contribution is 6.46. The van der Waals surface area contributed by atoms with Gasteiger partial charge in [-0.2, -0.15) is 0 Å². The molecule has 1 atom stereocenters. The van der Waals surface area contributed by atoms with Gasteiger partial charge in [0.05, 0.1) is 11.6 Å². The van der Waals surface area contributed by atoms with Gasteiger partial charge < -0.3 is 19.5 Å². The van der Waals surface area contributed by atoms with Crippen molar-refractivity contribution < 1.29 is 24.2 Å². The number of aryl methyl sites for hydroxylation is 1. The molecule has 1 aliphatic rings. The Morgan fingerprint density at radius 1 is 0.773 bits per heavy atom. The summed E-state index contributed by atoms with van der Waals surface area (Å²) in [6.45, 7) is 2.58. The third-order valence-corrected chi connectivity index (χ3v) is 7.41. The number of aliphatic hydroxyl groups is 1. The average molecular weight is 583 g/mol. The first-order valence-electron chi connectivity index (χ1n) is 14.3. The van der Waals surface area contributed by atoms with Crippen molar-refractivity contribution in [2.75, 3.05) is 0 Å². The van der Waals surface area contributed by atoms with Gasteiger partial charge in [-0.1, -0.05) is 60.2 Å². The average Bonchev–Trinajstić information content (AvgIpc) is 3.30. The van der Waals surface area contributed by atoms with Crippen molar-refractivity contribution in [3.63, 3.8) is 0 Å². The van der Waals surface area contributed by atoms with Crippen LogP contribution in [0, 0.1) is 6.92 Å². The highest BCUT2D eigenvalue weighted by Crippen LogP contribution is 2.41. The zero-order chi connectivity index (χ0) is 30.5. The van der Waals surface area contributed by atoms with Gasteiger partial charge in [0, 0.05) is 24.5 Å². The van der Waals surface area contributed by atoms with Crippen molar-refractivity contribution in [2.45, 2.75) is 26.1 Å². The number of nitrogens with zero attached hydrogens (tertiary/aromatic N) is 2. The Bertz CT molecular complexity index is 1820. The van der Waals surface area contributed by atoms with E-state index >= 15 is 0 Å². The number of para-hydroxylation sites is 1. The lowest BCUT2D eigenvalue weighted by Gasteiger charge is -2.25. The van der Waals surface area contributed by atoms with Crippen LogP contribution < -0.4 is 9.47 Å². The summed E-state index contributed by atoms with van der Waals surface area (Å²) in [5.41, 5.74) is 4.04. The van der Waals surface area contributed by atoms with Gasteiger partial charge in [-0.3, -0.25) is 14.6 Å². The summed E-state index contributed by atoms with van der Waals surface area (Å²) in [7, 11) is 0. The number of hydrogen-bond acceptors (Lipinski definition) is 6. The molecule has 7 nitrogen and oxygen atoms in total. The maximum atomic E-state index is 13.6. The lowest BCUT2D eigenvalue weighted by molar-refractivity contribution is -0.140. The zero-order valence-electron chi connectivity index (χ0n) is 24.1. The second-order valence-corrected chi connectivity index (χ2v) is 10.6. The van der Waals surface area contributed by atoms with Gasteiger partial charge in [0.2, 0.25) is 0 Å². The molecule has 6 rings (SSSR count). The Labute approximate surface area is 255 Å². The summed E-state index contributed by atoms with van der Waals surface area (Å²) in [6, 6.07) is 34.2. The quantitative estimate of drug-likeness (QED) is 0.111. The van der Waals surface area contributed by atoms with E-state index in [-0.39, 0.29) is 17.9 Å². The third kappa shape index (κ3) is 6.22. The molecule has 1 aromatic heterocycles. The van der Waals surface area contributed by atoms with Gasteiger partial charge in [0.1, 0.15) is 29.6 Å². The van der Waals surface area contributed by atoms with Crippen molar-refractivity contribution >= 4 is 17.4 Å². The van der Waals surface area contributed by atoms with E-state index < -0.39 is 17.7 Å². The summed E-state index contributed by atoms with van der Waals surface area (Å²) in [5, 5.41) is 11.6. The summed E-state index contributed by atoms with van der Waals surface area (Å²) in [5.74, 6) is 0.101. The smallest absolute Gasteiger partial charge is 0.295 e. The Kier molecular flexibility index (Phi) is 8.19. The van der Waals surface area contributed by atoms with Crippen molar-refractivity contribution in [1.29, 1.82) is 0 Å². The summed E-state index contributed by atoms with van der Waals surface area (Å²) in [4.78, 5) is 32.6. The van der Waals surface area contributed by atoms with Crippen molar-refractivity contribution in [3.8, 4) is 17.2 Å². The largest absolute Gasteiger partial charge is 0.507 e. The second kappa shape index (κ2) is 12.7. The van der Waals surface area contributed by atoms with E-state index in [1.807, 2.05) is 61.5 Å². The van der Waals surface area contributed by atoms with Crippen LogP contribution in [0.15, 0.2) is 133 Å². The topological polar surface area (TPSA) is 89.0 Å². The monoisotopic (exact) mass is 582 g/mol. The van der Waals surface area contributed by atoms with Crippen LogP contribution in [0.4, 0.5) is 0 Å². The van der Waals surface area contributed by atoms with Crippen molar-refractivity contribution in [2.24, 2.45) is 0 Å². The first kappa shape index (κ1) is 28.4. The van der Waals surface area contributed by atoms with Crippen LogP contribution in [0.5, 0.6) is 17.2 Å². The van der Waals surface area contributed by atoms with Gasteiger partial charge in [-0.25, -0.2) is 0 Å². The van der Waals surface area contributed by atoms with Crippen LogP contribution in [0.25, 0.3) is 5.76 Å². The Hall–Kier alpha value is -5.69. The normalized spacial score (nSPS) is 15.8. The molecular formula is C37H30N2O5. The maximum absolute atomic E-state index is 13.6. The number of rotatable bonds is 9. The number of carbonyl (C=O) groups is 2. The van der Waals surface area contributed by atoms with Gasteiger partial charge in [0.25, 0.3) is 11.7 Å². The van der Waals surface area contributed by atoms with Crippen LogP contribution >= 0.6 is 0 Å². The molecule has 1 amide bonds. The van der Waals surface area contributed by atoms with Gasteiger partial charge in [0.15, 0.2) is 0 Å². The highest BCUT2D eigenvalue weighted by atomic mass is 16.5. The molecule has 5 aromatic rings. The van der Waals surface area contributed by atoms with Crippen LogP contribution in [-0.2, 0) is 22.7 Å². The number of benzene rings is 4. The number of carbonyl (C=O) groups excluding carboxylic acids is 2. The highest BCUT2D eigenvalue weighted by Gasteiger charge is 2.46. The molecule has 44 heavy (non-hydrogen) atoms. The fourth-order valence-electron chi connectivity index (χ4n) is 5.28. The molecule has 1 aliphatic heterocycles. The molecule has 0 radical (unpaired) electrons. The zero-order valence-corrected chi connectivity index (χ0v) is 24.1. The first-order valence-corrected chi connectivity index (χ1v) is 14.3. The Morgan fingerprint density at radius 2 is 1.50 bits per heavy atom. The lowest BCUT2D eigenvalue weighted by atomic mass is 9.95.